The molecule has 1 amide bonds. The van der Waals surface area contributed by atoms with Gasteiger partial charge >= 0.3 is 5.97 Å². The minimum atomic E-state index is -0.602. The molecule has 0 aliphatic rings. The molecule has 0 aliphatic heterocycles. The summed E-state index contributed by atoms with van der Waals surface area (Å²) in [5, 5.41) is 3.45. The number of esters is 1. The van der Waals surface area contributed by atoms with Crippen molar-refractivity contribution in [1.29, 1.82) is 0 Å². The maximum absolute atomic E-state index is 11.9. The average Bonchev–Trinajstić information content (AvgIpc) is 2.66. The Morgan fingerprint density at radius 1 is 1.11 bits per heavy atom. The molecule has 144 valence electrons. The molecule has 0 heterocycles. The van der Waals surface area contributed by atoms with Crippen LogP contribution in [0.15, 0.2) is 48.5 Å². The molecule has 1 atom stereocenters. The van der Waals surface area contributed by atoms with E-state index >= 15 is 0 Å². The summed E-state index contributed by atoms with van der Waals surface area (Å²) in [6.07, 6.45) is 1.68. The molecular formula is C21H24ClNO4. The van der Waals surface area contributed by atoms with Gasteiger partial charge in [0, 0.05) is 11.1 Å². The quantitative estimate of drug-likeness (QED) is 0.664. The first kappa shape index (κ1) is 20.8. The Balaban J connectivity index is 1.63. The molecule has 0 aliphatic carbocycles. The van der Waals surface area contributed by atoms with Gasteiger partial charge in [-0.05, 0) is 56.0 Å². The summed E-state index contributed by atoms with van der Waals surface area (Å²) in [5.41, 5.74) is 2.08. The van der Waals surface area contributed by atoms with Gasteiger partial charge in [0.15, 0.2) is 13.2 Å². The standard InChI is InChI=1S/C21H24ClNO4/c1-15-12-18(10-11-19(15)22)26-14-21(25)27-13-20(24)23-16(2)8-9-17-6-4-3-5-7-17/h3-7,10-12,16H,8-9,13-14H2,1-2H3,(H,23,24)/t16-/m0/s1. The molecule has 2 aromatic carbocycles. The molecule has 0 bridgehead atoms. The summed E-state index contributed by atoms with van der Waals surface area (Å²) >= 11 is 5.93. The van der Waals surface area contributed by atoms with Crippen LogP contribution in [0.3, 0.4) is 0 Å². The van der Waals surface area contributed by atoms with E-state index < -0.39 is 5.97 Å². The van der Waals surface area contributed by atoms with Gasteiger partial charge in [0.05, 0.1) is 0 Å². The number of aryl methyl sites for hydroxylation is 2. The van der Waals surface area contributed by atoms with Crippen molar-refractivity contribution in [3.8, 4) is 5.75 Å². The minimum absolute atomic E-state index is 0.00954. The molecule has 1 N–H and O–H groups in total. The Bertz CT molecular complexity index is 764. The lowest BCUT2D eigenvalue weighted by molar-refractivity contribution is -0.150. The van der Waals surface area contributed by atoms with E-state index in [-0.39, 0.29) is 25.2 Å². The molecule has 2 aromatic rings. The maximum atomic E-state index is 11.9. The maximum Gasteiger partial charge on any atom is 0.344 e. The molecule has 0 spiro atoms. The van der Waals surface area contributed by atoms with Crippen LogP contribution in [-0.4, -0.2) is 31.1 Å². The second kappa shape index (κ2) is 10.6. The van der Waals surface area contributed by atoms with Crippen LogP contribution in [0.2, 0.25) is 5.02 Å². The van der Waals surface area contributed by atoms with Gasteiger partial charge in [0.1, 0.15) is 5.75 Å². The predicted octanol–water partition coefficient (Wildman–Crippen LogP) is 3.71. The number of amides is 1. The molecule has 0 aromatic heterocycles. The third-order valence-corrected chi connectivity index (χ3v) is 4.39. The molecule has 5 nitrogen and oxygen atoms in total. The number of hydrogen-bond donors (Lipinski definition) is 1. The van der Waals surface area contributed by atoms with Crippen LogP contribution in [0, 0.1) is 6.92 Å². The van der Waals surface area contributed by atoms with E-state index in [1.807, 2.05) is 32.0 Å². The zero-order valence-electron chi connectivity index (χ0n) is 15.5. The van der Waals surface area contributed by atoms with Crippen molar-refractivity contribution in [2.45, 2.75) is 32.7 Å². The van der Waals surface area contributed by atoms with Crippen LogP contribution >= 0.6 is 11.6 Å². The van der Waals surface area contributed by atoms with Crippen LogP contribution in [0.25, 0.3) is 0 Å². The van der Waals surface area contributed by atoms with Gasteiger partial charge in [0.25, 0.3) is 5.91 Å². The lowest BCUT2D eigenvalue weighted by Gasteiger charge is -2.14. The highest BCUT2D eigenvalue weighted by Crippen LogP contribution is 2.20. The Hall–Kier alpha value is -2.53. The first-order valence-electron chi connectivity index (χ1n) is 8.82. The number of ether oxygens (including phenoxy) is 2. The fourth-order valence-electron chi connectivity index (χ4n) is 2.45. The molecular weight excluding hydrogens is 366 g/mol. The summed E-state index contributed by atoms with van der Waals surface area (Å²) in [6.45, 7) is 3.18. The van der Waals surface area contributed by atoms with Crippen LogP contribution in [0.4, 0.5) is 0 Å². The number of carbonyl (C=O) groups excluding carboxylic acids is 2. The predicted molar refractivity (Wildman–Crippen MR) is 105 cm³/mol. The summed E-state index contributed by atoms with van der Waals surface area (Å²) < 4.78 is 10.3. The number of benzene rings is 2. The topological polar surface area (TPSA) is 64.6 Å². The largest absolute Gasteiger partial charge is 0.482 e. The van der Waals surface area contributed by atoms with E-state index in [1.54, 1.807) is 18.2 Å². The number of hydrogen-bond acceptors (Lipinski definition) is 4. The van der Waals surface area contributed by atoms with Gasteiger partial charge in [-0.2, -0.15) is 0 Å². The first-order chi connectivity index (χ1) is 12.9. The van der Waals surface area contributed by atoms with Crippen LogP contribution in [0.5, 0.6) is 5.75 Å². The number of rotatable bonds is 9. The Kier molecular flexibility index (Phi) is 8.14. The first-order valence-corrected chi connectivity index (χ1v) is 9.19. The SMILES string of the molecule is Cc1cc(OCC(=O)OCC(=O)N[C@@H](C)CCc2ccccc2)ccc1Cl. The van der Waals surface area contributed by atoms with Gasteiger partial charge < -0.3 is 14.8 Å². The Morgan fingerprint density at radius 3 is 2.56 bits per heavy atom. The molecule has 0 fully saturated rings. The highest BCUT2D eigenvalue weighted by molar-refractivity contribution is 6.31. The van der Waals surface area contributed by atoms with Crippen molar-refractivity contribution >= 4 is 23.5 Å². The monoisotopic (exact) mass is 389 g/mol. The third-order valence-electron chi connectivity index (χ3n) is 3.97. The van der Waals surface area contributed by atoms with Gasteiger partial charge in [-0.25, -0.2) is 4.79 Å². The summed E-state index contributed by atoms with van der Waals surface area (Å²) in [4.78, 5) is 23.6. The van der Waals surface area contributed by atoms with E-state index in [2.05, 4.69) is 17.4 Å². The normalized spacial score (nSPS) is 11.5. The summed E-state index contributed by atoms with van der Waals surface area (Å²) in [7, 11) is 0. The number of carbonyl (C=O) groups is 2. The van der Waals surface area contributed by atoms with E-state index in [0.717, 1.165) is 18.4 Å². The van der Waals surface area contributed by atoms with Crippen molar-refractivity contribution in [3.63, 3.8) is 0 Å². The van der Waals surface area contributed by atoms with E-state index in [9.17, 15) is 9.59 Å². The second-order valence-electron chi connectivity index (χ2n) is 6.35. The van der Waals surface area contributed by atoms with Gasteiger partial charge in [-0.15, -0.1) is 0 Å². The van der Waals surface area contributed by atoms with Crippen LogP contribution < -0.4 is 10.1 Å². The number of nitrogens with one attached hydrogen (secondary N) is 1. The molecule has 6 heteroatoms. The van der Waals surface area contributed by atoms with Crippen molar-refractivity contribution in [2.24, 2.45) is 0 Å². The Labute approximate surface area is 164 Å². The molecule has 0 radical (unpaired) electrons. The third kappa shape index (κ3) is 7.71. The zero-order chi connectivity index (χ0) is 19.6. The van der Waals surface area contributed by atoms with Gasteiger partial charge in [0.2, 0.25) is 0 Å². The summed E-state index contributed by atoms with van der Waals surface area (Å²) in [6, 6.07) is 15.2. The van der Waals surface area contributed by atoms with E-state index in [4.69, 9.17) is 21.1 Å². The van der Waals surface area contributed by atoms with Crippen LogP contribution in [-0.2, 0) is 20.7 Å². The van der Waals surface area contributed by atoms with Crippen molar-refractivity contribution < 1.29 is 19.1 Å². The Morgan fingerprint density at radius 2 is 1.85 bits per heavy atom. The summed E-state index contributed by atoms with van der Waals surface area (Å²) in [5.74, 6) is -0.409. The molecule has 0 saturated heterocycles. The fraction of sp³-hybridized carbons (Fsp3) is 0.333. The highest BCUT2D eigenvalue weighted by Gasteiger charge is 2.11. The molecule has 27 heavy (non-hydrogen) atoms. The van der Waals surface area contributed by atoms with Crippen molar-refractivity contribution in [1.82, 2.24) is 5.32 Å². The second-order valence-corrected chi connectivity index (χ2v) is 6.76. The molecule has 2 rings (SSSR count). The average molecular weight is 390 g/mol. The smallest absolute Gasteiger partial charge is 0.344 e. The minimum Gasteiger partial charge on any atom is -0.482 e. The van der Waals surface area contributed by atoms with Crippen molar-refractivity contribution in [3.05, 3.63) is 64.7 Å². The fourth-order valence-corrected chi connectivity index (χ4v) is 2.57. The highest BCUT2D eigenvalue weighted by atomic mass is 35.5. The lowest BCUT2D eigenvalue weighted by Crippen LogP contribution is -2.36. The van der Waals surface area contributed by atoms with Crippen molar-refractivity contribution in [2.75, 3.05) is 13.2 Å². The van der Waals surface area contributed by atoms with Gasteiger partial charge in [-0.3, -0.25) is 4.79 Å². The van der Waals surface area contributed by atoms with E-state index in [0.29, 0.717) is 10.8 Å². The molecule has 0 saturated carbocycles. The number of halogens is 1. The lowest BCUT2D eigenvalue weighted by atomic mass is 10.1. The van der Waals surface area contributed by atoms with E-state index in [1.165, 1.54) is 5.56 Å². The van der Waals surface area contributed by atoms with Gasteiger partial charge in [-0.1, -0.05) is 41.9 Å². The van der Waals surface area contributed by atoms with Crippen LogP contribution in [0.1, 0.15) is 24.5 Å². The zero-order valence-corrected chi connectivity index (χ0v) is 16.3. The molecule has 0 unspecified atom stereocenters.